The van der Waals surface area contributed by atoms with Crippen molar-refractivity contribution < 1.29 is 19.7 Å². The van der Waals surface area contributed by atoms with E-state index in [1.165, 1.54) is 12.1 Å². The maximum absolute atomic E-state index is 12.4. The van der Waals surface area contributed by atoms with E-state index < -0.39 is 22.9 Å². The Hall–Kier alpha value is -2.95. The van der Waals surface area contributed by atoms with Gasteiger partial charge < -0.3 is 19.7 Å². The van der Waals surface area contributed by atoms with Crippen molar-refractivity contribution in [3.8, 4) is 28.6 Å². The molecule has 0 saturated heterocycles. The van der Waals surface area contributed by atoms with Crippen LogP contribution in [0, 0.1) is 0 Å². The van der Waals surface area contributed by atoms with E-state index in [0.29, 0.717) is 5.56 Å². The Morgan fingerprint density at radius 3 is 2.30 bits per heavy atom. The van der Waals surface area contributed by atoms with Crippen molar-refractivity contribution >= 4 is 11.0 Å². The Kier molecular flexibility index (Phi) is 2.61. The van der Waals surface area contributed by atoms with Crippen LogP contribution < -0.4 is 5.43 Å². The lowest BCUT2D eigenvalue weighted by Crippen LogP contribution is -2.05. The van der Waals surface area contributed by atoms with Gasteiger partial charge in [0, 0.05) is 0 Å². The molecule has 2 aromatic carbocycles. The number of fused-ring (bicyclic) bond motifs is 1. The van der Waals surface area contributed by atoms with Crippen LogP contribution in [0.3, 0.4) is 0 Å². The fourth-order valence-electron chi connectivity index (χ4n) is 2.10. The molecule has 5 nitrogen and oxygen atoms in total. The molecule has 0 radical (unpaired) electrons. The maximum atomic E-state index is 12.4. The maximum Gasteiger partial charge on any atom is 0.294 e. The van der Waals surface area contributed by atoms with E-state index >= 15 is 0 Å². The van der Waals surface area contributed by atoms with Gasteiger partial charge in [0.2, 0.25) is 5.43 Å². The van der Waals surface area contributed by atoms with Crippen molar-refractivity contribution in [2.45, 2.75) is 0 Å². The molecule has 0 fully saturated rings. The molecule has 100 valence electrons. The summed E-state index contributed by atoms with van der Waals surface area (Å²) >= 11 is 0. The molecule has 0 saturated carbocycles. The second kappa shape index (κ2) is 4.31. The Labute approximate surface area is 113 Å². The SMILES string of the molecule is O=c1c(-c2ccccc2)c(O)oc2ccc(O)c(O)c12. The zero-order valence-electron chi connectivity index (χ0n) is 10.2. The van der Waals surface area contributed by atoms with Crippen LogP contribution >= 0.6 is 0 Å². The first-order valence-electron chi connectivity index (χ1n) is 5.85. The van der Waals surface area contributed by atoms with Gasteiger partial charge in [0.05, 0.1) is 0 Å². The number of phenols is 2. The van der Waals surface area contributed by atoms with E-state index in [2.05, 4.69) is 0 Å². The van der Waals surface area contributed by atoms with E-state index in [9.17, 15) is 20.1 Å². The van der Waals surface area contributed by atoms with Gasteiger partial charge in [-0.15, -0.1) is 0 Å². The largest absolute Gasteiger partial charge is 0.504 e. The van der Waals surface area contributed by atoms with Crippen LogP contribution in [0.1, 0.15) is 0 Å². The molecule has 0 atom stereocenters. The van der Waals surface area contributed by atoms with Gasteiger partial charge in [-0.1, -0.05) is 30.3 Å². The molecule has 1 aromatic heterocycles. The Morgan fingerprint density at radius 1 is 0.900 bits per heavy atom. The summed E-state index contributed by atoms with van der Waals surface area (Å²) in [7, 11) is 0. The summed E-state index contributed by atoms with van der Waals surface area (Å²) in [5.41, 5.74) is -0.201. The normalized spacial score (nSPS) is 10.8. The van der Waals surface area contributed by atoms with Crippen molar-refractivity contribution in [2.24, 2.45) is 0 Å². The van der Waals surface area contributed by atoms with Gasteiger partial charge in [-0.25, -0.2) is 0 Å². The minimum Gasteiger partial charge on any atom is -0.504 e. The summed E-state index contributed by atoms with van der Waals surface area (Å²) in [5, 5.41) is 29.0. The first kappa shape index (κ1) is 12.1. The van der Waals surface area contributed by atoms with E-state index in [4.69, 9.17) is 4.42 Å². The van der Waals surface area contributed by atoms with Crippen LogP contribution in [0.25, 0.3) is 22.1 Å². The predicted molar refractivity (Wildman–Crippen MR) is 72.9 cm³/mol. The fourth-order valence-corrected chi connectivity index (χ4v) is 2.10. The third-order valence-electron chi connectivity index (χ3n) is 3.06. The van der Waals surface area contributed by atoms with Gasteiger partial charge in [0.25, 0.3) is 5.95 Å². The Bertz CT molecular complexity index is 850. The van der Waals surface area contributed by atoms with Gasteiger partial charge in [-0.2, -0.15) is 0 Å². The molecule has 5 heteroatoms. The fraction of sp³-hybridized carbons (Fsp3) is 0. The van der Waals surface area contributed by atoms with Crippen molar-refractivity contribution in [3.63, 3.8) is 0 Å². The molecule has 3 rings (SSSR count). The van der Waals surface area contributed by atoms with Crippen LogP contribution in [-0.4, -0.2) is 15.3 Å². The molecule has 0 aliphatic carbocycles. The molecule has 0 amide bonds. The molecule has 3 aromatic rings. The zero-order valence-corrected chi connectivity index (χ0v) is 10.2. The monoisotopic (exact) mass is 270 g/mol. The molecule has 1 heterocycles. The standard InChI is InChI=1S/C15H10O5/c16-9-6-7-10-12(13(9)17)14(18)11(15(19)20-10)8-4-2-1-3-5-8/h1-7,16-17,19H. The third kappa shape index (κ3) is 1.68. The molecule has 0 spiro atoms. The van der Waals surface area contributed by atoms with E-state index in [1.807, 2.05) is 0 Å². The lowest BCUT2D eigenvalue weighted by atomic mass is 10.0. The first-order chi connectivity index (χ1) is 9.59. The number of rotatable bonds is 1. The highest BCUT2D eigenvalue weighted by Gasteiger charge is 2.19. The molecule has 3 N–H and O–H groups in total. The lowest BCUT2D eigenvalue weighted by molar-refractivity contribution is 0.340. The molecular weight excluding hydrogens is 260 g/mol. The molecule has 0 bridgehead atoms. The minimum absolute atomic E-state index is 0.00230. The average Bonchev–Trinajstić information content (AvgIpc) is 2.44. The summed E-state index contributed by atoms with van der Waals surface area (Å²) in [4.78, 5) is 12.4. The van der Waals surface area contributed by atoms with Crippen LogP contribution in [0.2, 0.25) is 0 Å². The predicted octanol–water partition coefficient (Wildman–Crippen LogP) is 2.58. The van der Waals surface area contributed by atoms with Gasteiger partial charge in [-0.3, -0.25) is 4.79 Å². The summed E-state index contributed by atoms with van der Waals surface area (Å²) in [6.45, 7) is 0. The summed E-state index contributed by atoms with van der Waals surface area (Å²) < 4.78 is 5.15. The zero-order chi connectivity index (χ0) is 14.3. The van der Waals surface area contributed by atoms with Crippen LogP contribution in [-0.2, 0) is 0 Å². The smallest absolute Gasteiger partial charge is 0.294 e. The van der Waals surface area contributed by atoms with Crippen LogP contribution in [0.4, 0.5) is 0 Å². The molecule has 0 aliphatic rings. The highest BCUT2D eigenvalue weighted by Crippen LogP contribution is 2.36. The van der Waals surface area contributed by atoms with Crippen molar-refractivity contribution in [3.05, 3.63) is 52.7 Å². The van der Waals surface area contributed by atoms with E-state index in [1.54, 1.807) is 30.3 Å². The molecular formula is C15H10O5. The van der Waals surface area contributed by atoms with Crippen molar-refractivity contribution in [1.82, 2.24) is 0 Å². The molecule has 0 aliphatic heterocycles. The van der Waals surface area contributed by atoms with Gasteiger partial charge in [0.15, 0.2) is 11.5 Å². The number of hydrogen-bond acceptors (Lipinski definition) is 5. The second-order valence-electron chi connectivity index (χ2n) is 4.28. The average molecular weight is 270 g/mol. The highest BCUT2D eigenvalue weighted by atomic mass is 16.5. The summed E-state index contributed by atoms with van der Waals surface area (Å²) in [6.07, 6.45) is 0. The van der Waals surface area contributed by atoms with Gasteiger partial charge in [-0.05, 0) is 17.7 Å². The van der Waals surface area contributed by atoms with Gasteiger partial charge >= 0.3 is 0 Å². The first-order valence-corrected chi connectivity index (χ1v) is 5.85. The van der Waals surface area contributed by atoms with Crippen LogP contribution in [0.15, 0.2) is 51.7 Å². The van der Waals surface area contributed by atoms with Crippen LogP contribution in [0.5, 0.6) is 17.4 Å². The topological polar surface area (TPSA) is 90.9 Å². The lowest BCUT2D eigenvalue weighted by Gasteiger charge is -2.07. The number of aromatic hydroxyl groups is 3. The quantitative estimate of drug-likeness (QED) is 0.591. The minimum atomic E-state index is -0.608. The van der Waals surface area contributed by atoms with Crippen molar-refractivity contribution in [1.29, 1.82) is 0 Å². The summed E-state index contributed by atoms with van der Waals surface area (Å²) in [6, 6.07) is 11.0. The Balaban J connectivity index is 2.46. The second-order valence-corrected chi connectivity index (χ2v) is 4.28. The van der Waals surface area contributed by atoms with Gasteiger partial charge in [0.1, 0.15) is 16.5 Å². The van der Waals surface area contributed by atoms with E-state index in [-0.39, 0.29) is 16.5 Å². The summed E-state index contributed by atoms with van der Waals surface area (Å²) in [5.74, 6) is -1.51. The number of benzene rings is 2. The highest BCUT2D eigenvalue weighted by molar-refractivity contribution is 5.90. The number of phenolic OH excluding ortho intramolecular Hbond substituents is 2. The molecule has 0 unspecified atom stereocenters. The Morgan fingerprint density at radius 2 is 1.60 bits per heavy atom. The molecule has 20 heavy (non-hydrogen) atoms. The number of hydrogen-bond donors (Lipinski definition) is 3. The van der Waals surface area contributed by atoms with E-state index in [0.717, 1.165) is 0 Å². The third-order valence-corrected chi connectivity index (χ3v) is 3.06. The van der Waals surface area contributed by atoms with Crippen molar-refractivity contribution in [2.75, 3.05) is 0 Å².